The lowest BCUT2D eigenvalue weighted by Gasteiger charge is -2.18. The fraction of sp³-hybridized carbons (Fsp3) is 0.333. The van der Waals surface area contributed by atoms with Crippen LogP contribution in [0.4, 0.5) is 11.4 Å². The number of nitrogen functional groups attached to an aromatic ring is 1. The molecule has 0 heterocycles. The Morgan fingerprint density at radius 2 is 1.59 bits per heavy atom. The molecular weight excluding hydrogens is 264 g/mol. The van der Waals surface area contributed by atoms with Crippen LogP contribution in [0.15, 0.2) is 24.3 Å². The number of rotatable bonds is 4. The molecule has 96 valence electrons. The van der Waals surface area contributed by atoms with E-state index in [-0.39, 0.29) is 0 Å². The second-order valence-corrected chi connectivity index (χ2v) is 8.22. The highest BCUT2D eigenvalue weighted by Crippen LogP contribution is 2.18. The lowest BCUT2D eigenvalue weighted by atomic mass is 10.3. The Labute approximate surface area is 101 Å². The van der Waals surface area contributed by atoms with Gasteiger partial charge in [-0.1, -0.05) is 0 Å². The van der Waals surface area contributed by atoms with Gasteiger partial charge >= 0.3 is 0 Å². The molecule has 0 aliphatic carbocycles. The molecule has 2 N–H and O–H groups in total. The van der Waals surface area contributed by atoms with Crippen molar-refractivity contribution in [1.82, 2.24) is 0 Å². The second-order valence-electron chi connectivity index (χ2n) is 3.71. The van der Waals surface area contributed by atoms with E-state index in [2.05, 4.69) is 0 Å². The largest absolute Gasteiger partial charge is 0.399 e. The summed E-state index contributed by atoms with van der Waals surface area (Å²) in [6, 6.07) is 6.11. The van der Waals surface area contributed by atoms with Gasteiger partial charge in [-0.25, -0.2) is 16.8 Å². The van der Waals surface area contributed by atoms with Crippen molar-refractivity contribution >= 4 is 31.2 Å². The number of hydrogen-bond donors (Lipinski definition) is 1. The average Bonchev–Trinajstić information content (AvgIpc) is 2.14. The van der Waals surface area contributed by atoms with Gasteiger partial charge in [0.15, 0.2) is 14.9 Å². The van der Waals surface area contributed by atoms with Crippen LogP contribution in [-0.4, -0.2) is 35.2 Å². The maximum atomic E-state index is 11.7. The van der Waals surface area contributed by atoms with Gasteiger partial charge in [0.05, 0.1) is 5.69 Å². The van der Waals surface area contributed by atoms with Crippen LogP contribution < -0.4 is 10.0 Å². The van der Waals surface area contributed by atoms with E-state index in [1.165, 1.54) is 19.2 Å². The number of nitrogens with zero attached hydrogens (tertiary/aromatic N) is 1. The summed E-state index contributed by atoms with van der Waals surface area (Å²) in [5.74, 6) is 0. The number of anilines is 2. The van der Waals surface area contributed by atoms with Gasteiger partial charge in [-0.05, 0) is 24.3 Å². The van der Waals surface area contributed by atoms with Crippen molar-refractivity contribution in [3.8, 4) is 0 Å². The molecule has 0 unspecified atom stereocenters. The van der Waals surface area contributed by atoms with E-state index >= 15 is 0 Å². The Balaban J connectivity index is 3.05. The van der Waals surface area contributed by atoms with Gasteiger partial charge in [-0.15, -0.1) is 0 Å². The van der Waals surface area contributed by atoms with Crippen molar-refractivity contribution < 1.29 is 16.8 Å². The van der Waals surface area contributed by atoms with Gasteiger partial charge < -0.3 is 5.73 Å². The molecule has 0 bridgehead atoms. The van der Waals surface area contributed by atoms with Gasteiger partial charge in [-0.2, -0.15) is 0 Å². The Morgan fingerprint density at radius 3 is 2.00 bits per heavy atom. The van der Waals surface area contributed by atoms with E-state index in [1.807, 2.05) is 0 Å². The Morgan fingerprint density at radius 1 is 1.12 bits per heavy atom. The zero-order chi connectivity index (χ0) is 13.3. The van der Waals surface area contributed by atoms with Gasteiger partial charge in [0.1, 0.15) is 0 Å². The third-order valence-corrected chi connectivity index (χ3v) is 5.99. The van der Waals surface area contributed by atoms with Crippen LogP contribution in [0.2, 0.25) is 0 Å². The van der Waals surface area contributed by atoms with E-state index in [1.54, 1.807) is 12.1 Å². The van der Waals surface area contributed by atoms with Crippen LogP contribution in [0.1, 0.15) is 0 Å². The maximum Gasteiger partial charge on any atom is 0.249 e. The van der Waals surface area contributed by atoms with Crippen molar-refractivity contribution in [3.63, 3.8) is 0 Å². The zero-order valence-corrected chi connectivity index (χ0v) is 11.1. The molecule has 0 radical (unpaired) electrons. The third kappa shape index (κ3) is 3.90. The van der Waals surface area contributed by atoms with E-state index < -0.39 is 24.9 Å². The molecule has 0 aromatic heterocycles. The monoisotopic (exact) mass is 278 g/mol. The molecule has 17 heavy (non-hydrogen) atoms. The maximum absolute atomic E-state index is 11.7. The van der Waals surface area contributed by atoms with Crippen molar-refractivity contribution in [1.29, 1.82) is 0 Å². The number of sulfonamides is 1. The fourth-order valence-electron chi connectivity index (χ4n) is 1.19. The van der Waals surface area contributed by atoms with Crippen molar-refractivity contribution in [2.75, 3.05) is 28.4 Å². The van der Waals surface area contributed by atoms with E-state index in [4.69, 9.17) is 5.73 Å². The summed E-state index contributed by atoms with van der Waals surface area (Å²) in [5, 5.41) is -0.916. The van der Waals surface area contributed by atoms with Crippen LogP contribution in [-0.2, 0) is 19.9 Å². The van der Waals surface area contributed by atoms with Crippen LogP contribution in [0.3, 0.4) is 0 Å². The van der Waals surface area contributed by atoms with Gasteiger partial charge in [0, 0.05) is 19.0 Å². The van der Waals surface area contributed by atoms with E-state index in [9.17, 15) is 16.8 Å². The summed E-state index contributed by atoms with van der Waals surface area (Å²) in [6.07, 6.45) is 0.876. The number of hydrogen-bond acceptors (Lipinski definition) is 5. The standard InChI is InChI=1S/C9H14N2O4S2/c1-11(9-5-3-8(10)4-6-9)17(14,15)7-16(2,12)13/h3-6H,7,10H2,1-2H3. The molecule has 0 amide bonds. The lowest BCUT2D eigenvalue weighted by Crippen LogP contribution is -2.31. The quantitative estimate of drug-likeness (QED) is 0.784. The number of nitrogens with two attached hydrogens (primary N) is 1. The average molecular weight is 278 g/mol. The van der Waals surface area contributed by atoms with Crippen molar-refractivity contribution in [2.45, 2.75) is 0 Å². The van der Waals surface area contributed by atoms with Crippen molar-refractivity contribution in [3.05, 3.63) is 24.3 Å². The molecule has 0 aliphatic heterocycles. The molecule has 1 aromatic carbocycles. The van der Waals surface area contributed by atoms with Gasteiger partial charge in [0.25, 0.3) is 0 Å². The minimum atomic E-state index is -3.88. The Kier molecular flexibility index (Phi) is 3.68. The summed E-state index contributed by atoms with van der Waals surface area (Å²) in [4.78, 5) is 0. The van der Waals surface area contributed by atoms with Crippen LogP contribution in [0.25, 0.3) is 0 Å². The topological polar surface area (TPSA) is 97.5 Å². The molecule has 0 saturated heterocycles. The number of sulfone groups is 1. The fourth-order valence-corrected chi connectivity index (χ4v) is 4.43. The minimum Gasteiger partial charge on any atom is -0.399 e. The molecule has 1 aromatic rings. The molecule has 8 heteroatoms. The molecular formula is C9H14N2O4S2. The SMILES string of the molecule is CN(c1ccc(N)cc1)S(=O)(=O)CS(C)(=O)=O. The van der Waals surface area contributed by atoms with E-state index in [0.29, 0.717) is 11.4 Å². The summed E-state index contributed by atoms with van der Waals surface area (Å²) in [5.41, 5.74) is 6.34. The highest BCUT2D eigenvalue weighted by atomic mass is 32.3. The zero-order valence-electron chi connectivity index (χ0n) is 9.49. The van der Waals surface area contributed by atoms with Crippen LogP contribution >= 0.6 is 0 Å². The highest BCUT2D eigenvalue weighted by Gasteiger charge is 2.23. The first-order valence-electron chi connectivity index (χ1n) is 4.62. The third-order valence-electron chi connectivity index (χ3n) is 2.04. The first kappa shape index (κ1) is 13.8. The smallest absolute Gasteiger partial charge is 0.249 e. The van der Waals surface area contributed by atoms with E-state index in [0.717, 1.165) is 10.6 Å². The normalized spacial score (nSPS) is 12.4. The van der Waals surface area contributed by atoms with Crippen LogP contribution in [0.5, 0.6) is 0 Å². The summed E-state index contributed by atoms with van der Waals surface area (Å²) in [7, 11) is -6.18. The minimum absolute atomic E-state index is 0.364. The molecule has 6 nitrogen and oxygen atoms in total. The van der Waals surface area contributed by atoms with Crippen molar-refractivity contribution in [2.24, 2.45) is 0 Å². The Bertz CT molecular complexity index is 590. The second kappa shape index (κ2) is 4.53. The predicted octanol–water partition coefficient (Wildman–Crippen LogP) is 0.0369. The number of benzene rings is 1. The first-order chi connectivity index (χ1) is 7.62. The Hall–Kier alpha value is -1.28. The molecule has 0 fully saturated rings. The molecule has 0 aliphatic rings. The molecule has 0 atom stereocenters. The highest BCUT2D eigenvalue weighted by molar-refractivity contribution is 8.08. The molecule has 1 rings (SSSR count). The summed E-state index contributed by atoms with van der Waals surface area (Å²) in [6.45, 7) is 0. The predicted molar refractivity (Wildman–Crippen MR) is 67.9 cm³/mol. The first-order valence-corrected chi connectivity index (χ1v) is 8.29. The van der Waals surface area contributed by atoms with Gasteiger partial charge in [-0.3, -0.25) is 4.31 Å². The summed E-state index contributed by atoms with van der Waals surface area (Å²) < 4.78 is 46.4. The lowest BCUT2D eigenvalue weighted by molar-refractivity contribution is 0.590. The van der Waals surface area contributed by atoms with Gasteiger partial charge in [0.2, 0.25) is 10.0 Å². The molecule has 0 spiro atoms. The van der Waals surface area contributed by atoms with Crippen LogP contribution in [0, 0.1) is 0 Å². The summed E-state index contributed by atoms with van der Waals surface area (Å²) >= 11 is 0. The molecule has 0 saturated carbocycles.